The topological polar surface area (TPSA) is 114 Å². The van der Waals surface area contributed by atoms with E-state index in [1.807, 2.05) is 40.4 Å². The highest BCUT2D eigenvalue weighted by Gasteiger charge is 2.46. The summed E-state index contributed by atoms with van der Waals surface area (Å²) in [5.74, 6) is -0.278. The third-order valence-corrected chi connectivity index (χ3v) is 12.6. The maximum Gasteiger partial charge on any atom is 0.500 e. The number of carbonyl (C=O) groups is 1. The van der Waals surface area contributed by atoms with Crippen molar-refractivity contribution in [2.24, 2.45) is 0 Å². The second-order valence-electron chi connectivity index (χ2n) is 14.4. The minimum atomic E-state index is -2.82. The molecule has 0 aliphatic carbocycles. The van der Waals surface area contributed by atoms with Crippen LogP contribution in [0.3, 0.4) is 0 Å². The summed E-state index contributed by atoms with van der Waals surface area (Å²) < 4.78 is 43.9. The summed E-state index contributed by atoms with van der Waals surface area (Å²) in [6, 6.07) is 0.589. The minimum Gasteiger partial charge on any atom is -0.415 e. The first-order chi connectivity index (χ1) is 19.0. The lowest BCUT2D eigenvalue weighted by atomic mass is 10.0. The van der Waals surface area contributed by atoms with Crippen LogP contribution in [0.4, 0.5) is 0 Å². The predicted molar refractivity (Wildman–Crippen MR) is 183 cm³/mol. The van der Waals surface area contributed by atoms with Gasteiger partial charge in [0.15, 0.2) is 39.4 Å². The van der Waals surface area contributed by atoms with E-state index < -0.39 is 66.5 Å². The van der Waals surface area contributed by atoms with Crippen LogP contribution in [-0.2, 0) is 35.8 Å². The Morgan fingerprint density at radius 3 is 1.45 bits per heavy atom. The Bertz CT molecular complexity index is 750. The number of amides is 1. The second kappa shape index (κ2) is 18.4. The average molecular weight is 688 g/mol. The molecule has 4 atom stereocenters. The average Bonchev–Trinajstić information content (AvgIpc) is 2.79. The smallest absolute Gasteiger partial charge is 0.415 e. The molecule has 4 unspecified atom stereocenters. The van der Waals surface area contributed by atoms with Crippen molar-refractivity contribution in [3.63, 3.8) is 0 Å². The minimum absolute atomic E-state index is 0.108. The Kier molecular flexibility index (Phi) is 18.5. The lowest BCUT2D eigenvalue weighted by molar-refractivity contribution is -0.142. The van der Waals surface area contributed by atoms with Gasteiger partial charge < -0.3 is 41.4 Å². The van der Waals surface area contributed by atoms with Crippen molar-refractivity contribution in [2.45, 2.75) is 136 Å². The van der Waals surface area contributed by atoms with E-state index in [1.165, 1.54) is 0 Å². The molecule has 0 aliphatic rings. The van der Waals surface area contributed by atoms with Gasteiger partial charge in [-0.25, -0.2) is 0 Å². The van der Waals surface area contributed by atoms with Gasteiger partial charge in [0.05, 0.1) is 6.61 Å². The predicted octanol–water partition coefficient (Wildman–Crippen LogP) is 5.41. The lowest BCUT2D eigenvalue weighted by Crippen LogP contribution is -2.61. The number of aliphatic hydroxyl groups excluding tert-OH is 1. The normalized spacial score (nSPS) is 16.7. The molecule has 0 aromatic rings. The van der Waals surface area contributed by atoms with Gasteiger partial charge in [-0.05, 0) is 106 Å². The summed E-state index contributed by atoms with van der Waals surface area (Å²) in [6.07, 6.45) is -2.92. The number of rotatable bonds is 23. The van der Waals surface area contributed by atoms with E-state index >= 15 is 0 Å². The van der Waals surface area contributed by atoms with Gasteiger partial charge in [-0.2, -0.15) is 0 Å². The van der Waals surface area contributed by atoms with E-state index in [1.54, 1.807) is 0 Å². The van der Waals surface area contributed by atoms with E-state index in [4.69, 9.17) is 31.0 Å². The van der Waals surface area contributed by atoms with Crippen LogP contribution in [0.15, 0.2) is 0 Å². The van der Waals surface area contributed by atoms with Gasteiger partial charge in [-0.3, -0.25) is 4.79 Å². The molecule has 0 bridgehead atoms. The molecule has 0 heterocycles. The van der Waals surface area contributed by atoms with Crippen LogP contribution in [0.5, 0.6) is 0 Å². The molecule has 0 fully saturated rings. The van der Waals surface area contributed by atoms with Crippen LogP contribution in [0.2, 0.25) is 84.6 Å². The lowest BCUT2D eigenvalue weighted by Gasteiger charge is -2.43. The number of aliphatic hydroxyl groups is 1. The highest BCUT2D eigenvalue weighted by atomic mass is 28.4. The maximum absolute atomic E-state index is 13.9. The van der Waals surface area contributed by atoms with Crippen LogP contribution in [0, 0.1) is 0 Å². The van der Waals surface area contributed by atoms with Crippen molar-refractivity contribution in [1.29, 1.82) is 0 Å². The first kappa shape index (κ1) is 42.2. The number of hydrogen-bond acceptors (Lipinski definition) is 9. The van der Waals surface area contributed by atoms with Gasteiger partial charge in [0, 0.05) is 32.4 Å². The van der Waals surface area contributed by atoms with Crippen LogP contribution < -0.4 is 5.32 Å². The van der Waals surface area contributed by atoms with Crippen molar-refractivity contribution >= 4 is 48.0 Å². The molecule has 2 N–H and O–H groups in total. The van der Waals surface area contributed by atoms with Crippen molar-refractivity contribution < 1.29 is 40.9 Å². The molecule has 15 heteroatoms. The molecule has 0 aliphatic heterocycles. The van der Waals surface area contributed by atoms with Crippen molar-refractivity contribution in [2.75, 3.05) is 33.0 Å². The molecule has 0 rings (SSSR count). The van der Waals surface area contributed by atoms with Gasteiger partial charge >= 0.3 is 8.80 Å². The van der Waals surface area contributed by atoms with Crippen LogP contribution in [0.1, 0.15) is 27.2 Å². The monoisotopic (exact) mass is 687 g/mol. The molecule has 0 radical (unpaired) electrons. The maximum atomic E-state index is 13.9. The van der Waals surface area contributed by atoms with Crippen LogP contribution in [-0.4, -0.2) is 110 Å². The summed E-state index contributed by atoms with van der Waals surface area (Å²) in [7, 11) is -11.4. The fourth-order valence-corrected chi connectivity index (χ4v) is 10.6. The summed E-state index contributed by atoms with van der Waals surface area (Å²) in [5.41, 5.74) is 0. The zero-order valence-corrected chi connectivity index (χ0v) is 34.5. The fraction of sp³-hybridized carbons (Fsp3) is 0.963. The van der Waals surface area contributed by atoms with Gasteiger partial charge in [-0.1, -0.05) is 0 Å². The molecule has 10 nitrogen and oxygen atoms in total. The van der Waals surface area contributed by atoms with Crippen molar-refractivity contribution in [3.05, 3.63) is 0 Å². The third-order valence-electron chi connectivity index (χ3n) is 5.46. The third kappa shape index (κ3) is 18.9. The zero-order chi connectivity index (χ0) is 33.0. The SMILES string of the molecule is CCO[Si](CCCNC(=O)C(O[Si](C)(C)C)C(O[Si](C)(C)C)C(O[Si](C)(C)C)C(O)CO[Si](C)(C)C)(OCC)OCC. The van der Waals surface area contributed by atoms with E-state index in [0.29, 0.717) is 38.8 Å². The zero-order valence-electron chi connectivity index (χ0n) is 29.5. The van der Waals surface area contributed by atoms with E-state index in [0.717, 1.165) is 0 Å². The standard InChI is InChI=1S/C27H65NO9Si5/c1-16-31-42(32-17-2,33-18-3)21-19-20-28-27(30)26(37-41(13,14)15)25(36-40(10,11)12)24(35-39(7,8)9)23(29)22-34-38(4,5)6/h23-26,29H,16-22H2,1-15H3,(H,28,30). The first-order valence-corrected chi connectivity index (χ1v) is 31.1. The quantitative estimate of drug-likeness (QED) is 0.108. The Morgan fingerprint density at radius 2 is 1.07 bits per heavy atom. The Morgan fingerprint density at radius 1 is 0.643 bits per heavy atom. The Hall–Kier alpha value is 0.234. The molecular weight excluding hydrogens is 623 g/mol. The van der Waals surface area contributed by atoms with E-state index in [9.17, 15) is 9.90 Å². The molecule has 0 spiro atoms. The summed E-state index contributed by atoms with van der Waals surface area (Å²) in [4.78, 5) is 13.9. The second-order valence-corrected chi connectivity index (χ2v) is 35.0. The summed E-state index contributed by atoms with van der Waals surface area (Å²) in [5, 5.41) is 14.6. The van der Waals surface area contributed by atoms with Crippen LogP contribution >= 0.6 is 0 Å². The fourth-order valence-electron chi connectivity index (χ4n) is 4.18. The number of hydrogen-bond donors (Lipinski definition) is 2. The molecule has 0 saturated carbocycles. The highest BCUT2D eigenvalue weighted by Crippen LogP contribution is 2.26. The molecular formula is C27H65NO9Si5. The molecule has 42 heavy (non-hydrogen) atoms. The number of nitrogens with one attached hydrogen (secondary N) is 1. The van der Waals surface area contributed by atoms with Gasteiger partial charge in [0.2, 0.25) is 0 Å². The highest BCUT2D eigenvalue weighted by molar-refractivity contribution is 6.71. The molecule has 252 valence electrons. The first-order valence-electron chi connectivity index (χ1n) is 15.5. The van der Waals surface area contributed by atoms with Gasteiger partial charge in [0.25, 0.3) is 5.91 Å². The van der Waals surface area contributed by atoms with Crippen LogP contribution in [0.25, 0.3) is 0 Å². The molecule has 1 amide bonds. The Balaban J connectivity index is 6.28. The van der Waals surface area contributed by atoms with Gasteiger partial charge in [-0.15, -0.1) is 0 Å². The van der Waals surface area contributed by atoms with Gasteiger partial charge in [0.1, 0.15) is 18.3 Å². The summed E-state index contributed by atoms with van der Waals surface area (Å²) in [6.45, 7) is 32.6. The van der Waals surface area contributed by atoms with E-state index in [-0.39, 0.29) is 12.5 Å². The van der Waals surface area contributed by atoms with Crippen molar-refractivity contribution in [1.82, 2.24) is 5.32 Å². The molecule has 0 saturated heterocycles. The van der Waals surface area contributed by atoms with Crippen molar-refractivity contribution in [3.8, 4) is 0 Å². The summed E-state index contributed by atoms with van der Waals surface area (Å²) >= 11 is 0. The van der Waals surface area contributed by atoms with E-state index in [2.05, 4.69) is 64.2 Å². The Labute approximate surface area is 262 Å². The number of carbonyl (C=O) groups excluding carboxylic acids is 1. The molecule has 0 aromatic carbocycles. The molecule has 0 aromatic heterocycles. The largest absolute Gasteiger partial charge is 0.500 e.